The Bertz CT molecular complexity index is 1100. The lowest BCUT2D eigenvalue weighted by Crippen LogP contribution is -2.28. The number of benzene rings is 1. The van der Waals surface area contributed by atoms with Crippen LogP contribution < -0.4 is 10.1 Å². The molecule has 1 saturated carbocycles. The summed E-state index contributed by atoms with van der Waals surface area (Å²) in [5.41, 5.74) is 4.21. The van der Waals surface area contributed by atoms with Crippen LogP contribution in [0.15, 0.2) is 30.3 Å². The lowest BCUT2D eigenvalue weighted by Gasteiger charge is -2.19. The van der Waals surface area contributed by atoms with Crippen molar-refractivity contribution in [2.75, 3.05) is 26.2 Å². The highest BCUT2D eigenvalue weighted by Crippen LogP contribution is 2.40. The van der Waals surface area contributed by atoms with Crippen LogP contribution in [0.25, 0.3) is 11.0 Å². The molecule has 2 aromatic heterocycles. The number of amides is 1. The number of carbonyl (C=O) groups is 1. The fourth-order valence-corrected chi connectivity index (χ4v) is 4.12. The summed E-state index contributed by atoms with van der Waals surface area (Å²) in [6.07, 6.45) is 2.27. The van der Waals surface area contributed by atoms with Crippen molar-refractivity contribution < 1.29 is 9.53 Å². The Morgan fingerprint density at radius 3 is 2.72 bits per heavy atom. The molecule has 7 nitrogen and oxygen atoms in total. The van der Waals surface area contributed by atoms with Gasteiger partial charge in [-0.25, -0.2) is 4.98 Å². The topological polar surface area (TPSA) is 72.3 Å². The Labute approximate surface area is 189 Å². The van der Waals surface area contributed by atoms with Crippen molar-refractivity contribution >= 4 is 16.9 Å². The SMILES string of the molecule is CCN(CC)CCOc1ccccc1CNC(=O)c1cc(C2CC2)nc2c1c(C)nn2C. The zero-order valence-electron chi connectivity index (χ0n) is 19.5. The van der Waals surface area contributed by atoms with Crippen LogP contribution >= 0.6 is 0 Å². The molecule has 1 aliphatic rings. The molecule has 4 rings (SSSR count). The zero-order valence-corrected chi connectivity index (χ0v) is 19.5. The van der Waals surface area contributed by atoms with E-state index in [4.69, 9.17) is 9.72 Å². The van der Waals surface area contributed by atoms with Crippen LogP contribution in [-0.2, 0) is 13.6 Å². The summed E-state index contributed by atoms with van der Waals surface area (Å²) in [5.74, 6) is 1.17. The number of ether oxygens (including phenoxy) is 1. The van der Waals surface area contributed by atoms with Crippen molar-refractivity contribution in [3.05, 3.63) is 52.8 Å². The standard InChI is InChI=1S/C25H33N5O2/c1-5-30(6-2)13-14-32-22-10-8-7-9-19(22)16-26-25(31)20-15-21(18-11-12-18)27-24-23(20)17(3)28-29(24)4/h7-10,15,18H,5-6,11-14,16H2,1-4H3,(H,26,31). The highest BCUT2D eigenvalue weighted by atomic mass is 16.5. The van der Waals surface area contributed by atoms with Crippen molar-refractivity contribution in [1.29, 1.82) is 0 Å². The monoisotopic (exact) mass is 435 g/mol. The third-order valence-electron chi connectivity index (χ3n) is 6.20. The van der Waals surface area contributed by atoms with E-state index in [9.17, 15) is 4.79 Å². The van der Waals surface area contributed by atoms with Crippen LogP contribution in [0, 0.1) is 6.92 Å². The second kappa shape index (κ2) is 9.69. The number of pyridine rings is 1. The van der Waals surface area contributed by atoms with E-state index in [1.165, 1.54) is 0 Å². The first-order valence-corrected chi connectivity index (χ1v) is 11.6. The average Bonchev–Trinajstić information content (AvgIpc) is 3.61. The van der Waals surface area contributed by atoms with Crippen molar-refractivity contribution in [2.45, 2.75) is 46.1 Å². The van der Waals surface area contributed by atoms with E-state index >= 15 is 0 Å². The number of hydrogen-bond donors (Lipinski definition) is 1. The summed E-state index contributed by atoms with van der Waals surface area (Å²) < 4.78 is 7.81. The predicted octanol–water partition coefficient (Wildman–Crippen LogP) is 3.80. The van der Waals surface area contributed by atoms with E-state index in [2.05, 4.69) is 29.2 Å². The predicted molar refractivity (Wildman–Crippen MR) is 126 cm³/mol. The quantitative estimate of drug-likeness (QED) is 0.524. The summed E-state index contributed by atoms with van der Waals surface area (Å²) in [6.45, 7) is 10.2. The van der Waals surface area contributed by atoms with Crippen LogP contribution in [0.1, 0.15) is 59.9 Å². The van der Waals surface area contributed by atoms with Crippen LogP contribution in [0.5, 0.6) is 5.75 Å². The third kappa shape index (κ3) is 4.78. The van der Waals surface area contributed by atoms with Gasteiger partial charge in [0, 0.05) is 37.3 Å². The van der Waals surface area contributed by atoms with E-state index in [1.807, 2.05) is 44.3 Å². The molecule has 1 aliphatic carbocycles. The first-order valence-electron chi connectivity index (χ1n) is 11.6. The Hall–Kier alpha value is -2.93. The normalized spacial score (nSPS) is 13.7. The van der Waals surface area contributed by atoms with Crippen LogP contribution in [0.2, 0.25) is 0 Å². The van der Waals surface area contributed by atoms with Crippen LogP contribution in [0.3, 0.4) is 0 Å². The number of nitrogens with one attached hydrogen (secondary N) is 1. The van der Waals surface area contributed by atoms with Crippen molar-refractivity contribution in [1.82, 2.24) is 25.0 Å². The van der Waals surface area contributed by atoms with Gasteiger partial charge in [-0.1, -0.05) is 32.0 Å². The average molecular weight is 436 g/mol. The van der Waals surface area contributed by atoms with Gasteiger partial charge in [-0.2, -0.15) is 5.10 Å². The van der Waals surface area contributed by atoms with Crippen LogP contribution in [-0.4, -0.2) is 51.8 Å². The number of aromatic nitrogens is 3. The van der Waals surface area contributed by atoms with Gasteiger partial charge in [0.25, 0.3) is 5.91 Å². The molecule has 0 aliphatic heterocycles. The molecule has 3 aromatic rings. The van der Waals surface area contributed by atoms with Crippen molar-refractivity contribution in [3.63, 3.8) is 0 Å². The van der Waals surface area contributed by atoms with Gasteiger partial charge < -0.3 is 15.0 Å². The van der Waals surface area contributed by atoms with Gasteiger partial charge in [0.05, 0.1) is 16.6 Å². The molecule has 0 atom stereocenters. The number of aryl methyl sites for hydroxylation is 2. The lowest BCUT2D eigenvalue weighted by atomic mass is 10.1. The van der Waals surface area contributed by atoms with Gasteiger partial charge in [-0.3, -0.25) is 9.48 Å². The number of para-hydroxylation sites is 1. The molecular formula is C25H33N5O2. The summed E-state index contributed by atoms with van der Waals surface area (Å²) in [5, 5.41) is 8.43. The maximum atomic E-state index is 13.3. The molecule has 170 valence electrons. The Morgan fingerprint density at radius 1 is 1.25 bits per heavy atom. The molecule has 1 amide bonds. The minimum Gasteiger partial charge on any atom is -0.492 e. The maximum absolute atomic E-state index is 13.3. The molecule has 0 spiro atoms. The van der Waals surface area contributed by atoms with E-state index in [1.54, 1.807) is 4.68 Å². The lowest BCUT2D eigenvalue weighted by molar-refractivity contribution is 0.0952. The fourth-order valence-electron chi connectivity index (χ4n) is 4.12. The molecule has 1 fully saturated rings. The fraction of sp³-hybridized carbons (Fsp3) is 0.480. The van der Waals surface area contributed by atoms with Gasteiger partial charge >= 0.3 is 0 Å². The molecule has 2 heterocycles. The molecule has 0 unspecified atom stereocenters. The number of likely N-dealkylation sites (N-methyl/N-ethyl adjacent to an activating group) is 1. The summed E-state index contributed by atoms with van der Waals surface area (Å²) >= 11 is 0. The number of carbonyl (C=O) groups excluding carboxylic acids is 1. The van der Waals surface area contributed by atoms with E-state index in [-0.39, 0.29) is 5.91 Å². The van der Waals surface area contributed by atoms with Gasteiger partial charge in [0.1, 0.15) is 12.4 Å². The Kier molecular flexibility index (Phi) is 6.74. The molecular weight excluding hydrogens is 402 g/mol. The first-order chi connectivity index (χ1) is 15.5. The molecule has 0 saturated heterocycles. The van der Waals surface area contributed by atoms with Crippen molar-refractivity contribution in [3.8, 4) is 5.75 Å². The highest BCUT2D eigenvalue weighted by molar-refractivity contribution is 6.06. The van der Waals surface area contributed by atoms with Gasteiger partial charge in [-0.15, -0.1) is 0 Å². The van der Waals surface area contributed by atoms with E-state index in [0.29, 0.717) is 24.6 Å². The summed E-state index contributed by atoms with van der Waals surface area (Å²) in [4.78, 5) is 20.4. The highest BCUT2D eigenvalue weighted by Gasteiger charge is 2.28. The largest absolute Gasteiger partial charge is 0.492 e. The van der Waals surface area contributed by atoms with E-state index in [0.717, 1.165) is 66.2 Å². The molecule has 1 aromatic carbocycles. The molecule has 7 heteroatoms. The number of fused-ring (bicyclic) bond motifs is 1. The number of hydrogen-bond acceptors (Lipinski definition) is 5. The number of nitrogens with zero attached hydrogens (tertiary/aromatic N) is 4. The molecule has 1 N–H and O–H groups in total. The van der Waals surface area contributed by atoms with Crippen molar-refractivity contribution in [2.24, 2.45) is 7.05 Å². The zero-order chi connectivity index (χ0) is 22.7. The second-order valence-electron chi connectivity index (χ2n) is 8.44. The van der Waals surface area contributed by atoms with E-state index < -0.39 is 0 Å². The molecule has 0 radical (unpaired) electrons. The molecule has 32 heavy (non-hydrogen) atoms. The first kappa shape index (κ1) is 22.3. The van der Waals surface area contributed by atoms with Crippen LogP contribution in [0.4, 0.5) is 0 Å². The minimum absolute atomic E-state index is 0.103. The minimum atomic E-state index is -0.103. The van der Waals surface area contributed by atoms with Gasteiger partial charge in [0.15, 0.2) is 5.65 Å². The maximum Gasteiger partial charge on any atom is 0.252 e. The molecule has 0 bridgehead atoms. The Balaban J connectivity index is 1.49. The third-order valence-corrected chi connectivity index (χ3v) is 6.20. The van der Waals surface area contributed by atoms with Gasteiger partial charge in [0.2, 0.25) is 0 Å². The summed E-state index contributed by atoms with van der Waals surface area (Å²) in [7, 11) is 1.88. The van der Waals surface area contributed by atoms with Gasteiger partial charge in [-0.05, 0) is 45.0 Å². The smallest absolute Gasteiger partial charge is 0.252 e. The Morgan fingerprint density at radius 2 is 2.00 bits per heavy atom. The summed E-state index contributed by atoms with van der Waals surface area (Å²) in [6, 6.07) is 9.85. The number of rotatable bonds is 10. The second-order valence-corrected chi connectivity index (χ2v) is 8.44.